The molecule has 4 rings (SSSR count). The zero-order valence-electron chi connectivity index (χ0n) is 19.0. The molecule has 1 unspecified atom stereocenters. The number of benzene rings is 2. The van der Waals surface area contributed by atoms with Gasteiger partial charge in [0, 0.05) is 43.2 Å². The maximum absolute atomic E-state index is 12.9. The normalized spacial score (nSPS) is 19.2. The minimum Gasteiger partial charge on any atom is -0.457 e. The van der Waals surface area contributed by atoms with Crippen LogP contribution in [-0.4, -0.2) is 53.7 Å². The van der Waals surface area contributed by atoms with Crippen molar-refractivity contribution in [3.63, 3.8) is 0 Å². The molecule has 2 fully saturated rings. The fourth-order valence-electron chi connectivity index (χ4n) is 4.65. The summed E-state index contributed by atoms with van der Waals surface area (Å²) in [7, 11) is 0. The van der Waals surface area contributed by atoms with E-state index in [1.54, 1.807) is 48.5 Å². The number of hydrogen-bond donors (Lipinski definition) is 1. The second-order valence-electron chi connectivity index (χ2n) is 9.11. The Morgan fingerprint density at radius 3 is 1.94 bits per heavy atom. The Balaban J connectivity index is 1.29. The first kappa shape index (κ1) is 22.8. The van der Waals surface area contributed by atoms with Crippen LogP contribution in [0.5, 0.6) is 11.5 Å². The Morgan fingerprint density at radius 2 is 1.39 bits per heavy atom. The Morgan fingerprint density at radius 1 is 0.818 bits per heavy atom. The number of likely N-dealkylation sites (tertiary alicyclic amines) is 2. The van der Waals surface area contributed by atoms with Crippen LogP contribution in [0.15, 0.2) is 48.5 Å². The third-order valence-electron chi connectivity index (χ3n) is 6.58. The summed E-state index contributed by atoms with van der Waals surface area (Å²) >= 11 is 0. The summed E-state index contributed by atoms with van der Waals surface area (Å²) in [6, 6.07) is 13.6. The van der Waals surface area contributed by atoms with Crippen LogP contribution in [0.2, 0.25) is 0 Å². The summed E-state index contributed by atoms with van der Waals surface area (Å²) in [6.07, 6.45) is 3.72. The van der Waals surface area contributed by atoms with Gasteiger partial charge in [0.05, 0.1) is 0 Å². The molecular formula is C26H31N3O4. The van der Waals surface area contributed by atoms with Gasteiger partial charge in [0.25, 0.3) is 5.91 Å². The highest BCUT2D eigenvalue weighted by atomic mass is 16.5. The summed E-state index contributed by atoms with van der Waals surface area (Å²) in [6.45, 7) is 5.14. The number of carbonyl (C=O) groups is 3. The molecule has 1 atom stereocenters. The average Bonchev–Trinajstić information content (AvgIpc) is 2.84. The first-order valence-corrected chi connectivity index (χ1v) is 11.7. The van der Waals surface area contributed by atoms with Crippen molar-refractivity contribution in [3.8, 4) is 11.5 Å². The minimum atomic E-state index is -0.487. The lowest BCUT2D eigenvalue weighted by Crippen LogP contribution is -2.47. The second kappa shape index (κ2) is 10.1. The topological polar surface area (TPSA) is 92.9 Å². The van der Waals surface area contributed by atoms with Crippen LogP contribution < -0.4 is 10.5 Å². The molecule has 0 bridgehead atoms. The third kappa shape index (κ3) is 5.53. The third-order valence-corrected chi connectivity index (χ3v) is 6.58. The van der Waals surface area contributed by atoms with Gasteiger partial charge >= 0.3 is 0 Å². The van der Waals surface area contributed by atoms with E-state index in [0.29, 0.717) is 41.6 Å². The van der Waals surface area contributed by atoms with Gasteiger partial charge in [-0.15, -0.1) is 0 Å². The fourth-order valence-corrected chi connectivity index (χ4v) is 4.65. The van der Waals surface area contributed by atoms with Crippen molar-refractivity contribution in [2.75, 3.05) is 26.2 Å². The van der Waals surface area contributed by atoms with Crippen LogP contribution in [0.1, 0.15) is 53.3 Å². The smallest absolute Gasteiger partial charge is 0.253 e. The van der Waals surface area contributed by atoms with Gasteiger partial charge in [0.2, 0.25) is 11.8 Å². The largest absolute Gasteiger partial charge is 0.457 e. The molecule has 0 aliphatic carbocycles. The van der Waals surface area contributed by atoms with Gasteiger partial charge in [0.15, 0.2) is 0 Å². The second-order valence-corrected chi connectivity index (χ2v) is 9.11. The van der Waals surface area contributed by atoms with E-state index in [1.165, 1.54) is 6.42 Å². The van der Waals surface area contributed by atoms with Gasteiger partial charge in [-0.1, -0.05) is 6.92 Å². The zero-order valence-corrected chi connectivity index (χ0v) is 19.0. The SMILES string of the molecule is CC1CCCN(C(=O)C2CCN(C(=O)c3ccc(Oc4ccc(C(N)=O)cc4)cc3)CC2)C1. The molecule has 0 saturated carbocycles. The number of piperidine rings is 2. The summed E-state index contributed by atoms with van der Waals surface area (Å²) < 4.78 is 5.78. The van der Waals surface area contributed by atoms with Crippen molar-refractivity contribution in [2.24, 2.45) is 17.6 Å². The summed E-state index contributed by atoms with van der Waals surface area (Å²) in [5.74, 6) is 1.53. The maximum atomic E-state index is 12.9. The predicted molar refractivity (Wildman–Crippen MR) is 125 cm³/mol. The van der Waals surface area contributed by atoms with Crippen LogP contribution >= 0.6 is 0 Å². The molecule has 2 heterocycles. The molecule has 2 aliphatic heterocycles. The van der Waals surface area contributed by atoms with Crippen LogP contribution in [0.3, 0.4) is 0 Å². The van der Waals surface area contributed by atoms with Crippen LogP contribution in [-0.2, 0) is 4.79 Å². The van der Waals surface area contributed by atoms with Crippen molar-refractivity contribution < 1.29 is 19.1 Å². The molecule has 2 N–H and O–H groups in total. The molecule has 2 saturated heterocycles. The van der Waals surface area contributed by atoms with Crippen LogP contribution in [0.25, 0.3) is 0 Å². The lowest BCUT2D eigenvalue weighted by molar-refractivity contribution is -0.138. The molecule has 0 aromatic heterocycles. The van der Waals surface area contributed by atoms with Crippen molar-refractivity contribution in [3.05, 3.63) is 59.7 Å². The monoisotopic (exact) mass is 449 g/mol. The van der Waals surface area contributed by atoms with Gasteiger partial charge in [-0.2, -0.15) is 0 Å². The first-order valence-electron chi connectivity index (χ1n) is 11.7. The van der Waals surface area contributed by atoms with E-state index >= 15 is 0 Å². The van der Waals surface area contributed by atoms with E-state index in [1.807, 2.05) is 9.80 Å². The van der Waals surface area contributed by atoms with Gasteiger partial charge in [-0.25, -0.2) is 0 Å². The van der Waals surface area contributed by atoms with E-state index in [0.717, 1.165) is 32.4 Å². The lowest BCUT2D eigenvalue weighted by atomic mass is 9.92. The van der Waals surface area contributed by atoms with E-state index < -0.39 is 5.91 Å². The Hall–Kier alpha value is -3.35. The molecule has 0 spiro atoms. The fraction of sp³-hybridized carbons (Fsp3) is 0.423. The van der Waals surface area contributed by atoms with Gasteiger partial charge < -0.3 is 20.3 Å². The molecule has 7 heteroatoms. The Labute approximate surface area is 194 Å². The lowest BCUT2D eigenvalue weighted by Gasteiger charge is -2.37. The van der Waals surface area contributed by atoms with Crippen molar-refractivity contribution in [1.82, 2.24) is 9.80 Å². The minimum absolute atomic E-state index is 0.0233. The number of amides is 3. The van der Waals surface area contributed by atoms with E-state index in [9.17, 15) is 14.4 Å². The van der Waals surface area contributed by atoms with Gasteiger partial charge in [-0.3, -0.25) is 14.4 Å². The number of rotatable bonds is 5. The van der Waals surface area contributed by atoms with Gasteiger partial charge in [0.1, 0.15) is 11.5 Å². The molecule has 7 nitrogen and oxygen atoms in total. The molecule has 0 radical (unpaired) electrons. The molecule has 33 heavy (non-hydrogen) atoms. The highest BCUT2D eigenvalue weighted by Gasteiger charge is 2.32. The summed E-state index contributed by atoms with van der Waals surface area (Å²) in [5.41, 5.74) is 6.26. The van der Waals surface area contributed by atoms with Crippen molar-refractivity contribution >= 4 is 17.7 Å². The van der Waals surface area contributed by atoms with E-state index in [-0.39, 0.29) is 17.7 Å². The molecule has 3 amide bonds. The number of ether oxygens (including phenoxy) is 1. The Bertz CT molecular complexity index is 995. The molecule has 2 aromatic carbocycles. The van der Waals surface area contributed by atoms with E-state index in [2.05, 4.69) is 6.92 Å². The number of hydrogen-bond acceptors (Lipinski definition) is 4. The highest BCUT2D eigenvalue weighted by molar-refractivity contribution is 5.94. The quantitative estimate of drug-likeness (QED) is 0.753. The Kier molecular flexibility index (Phi) is 6.96. The molecular weight excluding hydrogens is 418 g/mol. The van der Waals surface area contributed by atoms with E-state index in [4.69, 9.17) is 10.5 Å². The number of nitrogens with zero attached hydrogens (tertiary/aromatic N) is 2. The molecule has 174 valence electrons. The number of nitrogens with two attached hydrogens (primary N) is 1. The summed E-state index contributed by atoms with van der Waals surface area (Å²) in [4.78, 5) is 40.8. The van der Waals surface area contributed by atoms with Crippen LogP contribution in [0.4, 0.5) is 0 Å². The average molecular weight is 450 g/mol. The summed E-state index contributed by atoms with van der Waals surface area (Å²) in [5, 5.41) is 0. The molecule has 2 aliphatic rings. The van der Waals surface area contributed by atoms with Gasteiger partial charge in [-0.05, 0) is 80.1 Å². The number of primary amides is 1. The zero-order chi connectivity index (χ0) is 23.4. The number of carbonyl (C=O) groups excluding carboxylic acids is 3. The maximum Gasteiger partial charge on any atom is 0.253 e. The first-order chi connectivity index (χ1) is 15.9. The molecule has 2 aromatic rings. The highest BCUT2D eigenvalue weighted by Crippen LogP contribution is 2.26. The van der Waals surface area contributed by atoms with Crippen molar-refractivity contribution in [1.29, 1.82) is 0 Å². The predicted octanol–water partition coefficient (Wildman–Crippen LogP) is 3.69. The van der Waals surface area contributed by atoms with Crippen molar-refractivity contribution in [2.45, 2.75) is 32.6 Å². The standard InChI is InChI=1S/C26H31N3O4/c1-18-3-2-14-29(17-18)26(32)21-12-15-28(16-13-21)25(31)20-6-10-23(11-7-20)33-22-8-4-19(5-9-22)24(27)30/h4-11,18,21H,2-3,12-17H2,1H3,(H2,27,30). The van der Waals surface area contributed by atoms with Crippen LogP contribution in [0, 0.1) is 11.8 Å².